The molecule has 0 spiro atoms. The molecule has 2 aliphatic heterocycles. The Morgan fingerprint density at radius 2 is 1.79 bits per heavy atom. The monoisotopic (exact) mass is 530 g/mol. The summed E-state index contributed by atoms with van der Waals surface area (Å²) in [5.74, 6) is 2.11. The lowest BCUT2D eigenvalue weighted by Crippen LogP contribution is -2.49. The van der Waals surface area contributed by atoms with E-state index in [9.17, 15) is 4.79 Å². The molecule has 0 atom stereocenters. The fourth-order valence-corrected chi connectivity index (χ4v) is 4.96. The van der Waals surface area contributed by atoms with Gasteiger partial charge in [0, 0.05) is 43.0 Å². The van der Waals surface area contributed by atoms with Crippen molar-refractivity contribution >= 4 is 23.5 Å². The van der Waals surface area contributed by atoms with E-state index in [-0.39, 0.29) is 12.7 Å². The molecular formula is C28H27ClN6O3. The quantitative estimate of drug-likeness (QED) is 0.359. The van der Waals surface area contributed by atoms with Gasteiger partial charge in [0.15, 0.2) is 11.5 Å². The maximum atomic E-state index is 13.5. The van der Waals surface area contributed by atoms with Gasteiger partial charge in [-0.1, -0.05) is 24.9 Å². The van der Waals surface area contributed by atoms with E-state index in [1.54, 1.807) is 12.4 Å². The van der Waals surface area contributed by atoms with Gasteiger partial charge in [0.2, 0.25) is 12.7 Å². The first kappa shape index (κ1) is 24.2. The van der Waals surface area contributed by atoms with Crippen LogP contribution in [0.25, 0.3) is 16.9 Å². The molecule has 0 unspecified atom stereocenters. The van der Waals surface area contributed by atoms with Crippen molar-refractivity contribution in [1.29, 1.82) is 0 Å². The van der Waals surface area contributed by atoms with Gasteiger partial charge in [0.05, 0.1) is 28.8 Å². The molecule has 6 rings (SSSR count). The number of hydrogen-bond acceptors (Lipinski definition) is 7. The summed E-state index contributed by atoms with van der Waals surface area (Å²) in [6.07, 6.45) is 5.11. The Labute approximate surface area is 225 Å². The molecule has 194 valence electrons. The zero-order chi connectivity index (χ0) is 26.1. The zero-order valence-electron chi connectivity index (χ0n) is 21.0. The van der Waals surface area contributed by atoms with Gasteiger partial charge in [0.1, 0.15) is 0 Å². The smallest absolute Gasteiger partial charge is 0.257 e. The summed E-state index contributed by atoms with van der Waals surface area (Å²) in [5, 5.41) is 5.22. The summed E-state index contributed by atoms with van der Waals surface area (Å²) in [6, 6.07) is 15.2. The van der Waals surface area contributed by atoms with Crippen LogP contribution in [0.4, 0.5) is 5.95 Å². The van der Waals surface area contributed by atoms with Crippen molar-refractivity contribution in [2.45, 2.75) is 19.8 Å². The SMILES string of the molecule is CCCc1c(C(=O)N2CCN(c3nccc(-c4ccc5c(c4)OCO5)n3)CC2)cnn1-c1ccc(Cl)cc1. The molecule has 0 aliphatic carbocycles. The van der Waals surface area contributed by atoms with E-state index < -0.39 is 0 Å². The van der Waals surface area contributed by atoms with E-state index in [0.29, 0.717) is 42.7 Å². The summed E-state index contributed by atoms with van der Waals surface area (Å²) in [7, 11) is 0. The Bertz CT molecular complexity index is 1460. The summed E-state index contributed by atoms with van der Waals surface area (Å²) < 4.78 is 12.8. The van der Waals surface area contributed by atoms with Gasteiger partial charge in [-0.15, -0.1) is 0 Å². The maximum Gasteiger partial charge on any atom is 0.257 e. The molecule has 1 amide bonds. The first-order valence-electron chi connectivity index (χ1n) is 12.7. The molecule has 4 aromatic rings. The molecule has 0 N–H and O–H groups in total. The molecule has 1 saturated heterocycles. The molecule has 2 aromatic carbocycles. The van der Waals surface area contributed by atoms with Crippen LogP contribution in [0, 0.1) is 0 Å². The van der Waals surface area contributed by atoms with Crippen LogP contribution in [0.1, 0.15) is 29.4 Å². The van der Waals surface area contributed by atoms with E-state index in [2.05, 4.69) is 21.9 Å². The van der Waals surface area contributed by atoms with E-state index in [0.717, 1.165) is 47.0 Å². The second-order valence-electron chi connectivity index (χ2n) is 9.23. The first-order chi connectivity index (χ1) is 18.6. The number of benzene rings is 2. The summed E-state index contributed by atoms with van der Waals surface area (Å²) in [5.41, 5.74) is 4.21. The molecule has 2 aliphatic rings. The maximum absolute atomic E-state index is 13.5. The topological polar surface area (TPSA) is 85.6 Å². The lowest BCUT2D eigenvalue weighted by Gasteiger charge is -2.34. The zero-order valence-corrected chi connectivity index (χ0v) is 21.8. The van der Waals surface area contributed by atoms with Crippen LogP contribution in [-0.2, 0) is 6.42 Å². The van der Waals surface area contributed by atoms with Crippen molar-refractivity contribution in [3.8, 4) is 28.4 Å². The average molecular weight is 531 g/mol. The summed E-state index contributed by atoms with van der Waals surface area (Å²) in [6.45, 7) is 4.78. The molecule has 0 bridgehead atoms. The molecule has 2 aromatic heterocycles. The van der Waals surface area contributed by atoms with Crippen LogP contribution >= 0.6 is 11.6 Å². The normalized spacial score (nSPS) is 14.7. The molecule has 38 heavy (non-hydrogen) atoms. The highest BCUT2D eigenvalue weighted by Gasteiger charge is 2.27. The lowest BCUT2D eigenvalue weighted by molar-refractivity contribution is 0.0745. The number of piperazine rings is 1. The number of fused-ring (bicyclic) bond motifs is 1. The minimum atomic E-state index is 0.00309. The molecule has 0 saturated carbocycles. The van der Waals surface area contributed by atoms with Crippen molar-refractivity contribution < 1.29 is 14.3 Å². The number of ether oxygens (including phenoxy) is 2. The van der Waals surface area contributed by atoms with Crippen LogP contribution in [0.15, 0.2) is 60.9 Å². The van der Waals surface area contributed by atoms with Crippen LogP contribution in [0.3, 0.4) is 0 Å². The number of rotatable bonds is 6. The molecule has 4 heterocycles. The molecule has 0 radical (unpaired) electrons. The largest absolute Gasteiger partial charge is 0.454 e. The summed E-state index contributed by atoms with van der Waals surface area (Å²) in [4.78, 5) is 26.9. The fraction of sp³-hybridized carbons (Fsp3) is 0.286. The van der Waals surface area contributed by atoms with Crippen molar-refractivity contribution in [2.24, 2.45) is 0 Å². The second kappa shape index (κ2) is 10.3. The van der Waals surface area contributed by atoms with Crippen molar-refractivity contribution in [2.75, 3.05) is 37.9 Å². The number of hydrogen-bond donors (Lipinski definition) is 0. The minimum Gasteiger partial charge on any atom is -0.454 e. The third-order valence-corrected chi connectivity index (χ3v) is 7.07. The lowest BCUT2D eigenvalue weighted by atomic mass is 10.1. The van der Waals surface area contributed by atoms with E-state index >= 15 is 0 Å². The Hall–Kier alpha value is -4.11. The van der Waals surface area contributed by atoms with Crippen molar-refractivity contribution in [1.82, 2.24) is 24.6 Å². The molecule has 1 fully saturated rings. The van der Waals surface area contributed by atoms with Gasteiger partial charge < -0.3 is 19.3 Å². The molecular weight excluding hydrogens is 504 g/mol. The number of halogens is 1. The van der Waals surface area contributed by atoms with E-state index in [1.165, 1.54) is 0 Å². The van der Waals surface area contributed by atoms with Crippen LogP contribution in [0.2, 0.25) is 5.02 Å². The number of nitrogens with zero attached hydrogens (tertiary/aromatic N) is 6. The van der Waals surface area contributed by atoms with Gasteiger partial charge in [-0.2, -0.15) is 5.10 Å². The molecule has 10 heteroatoms. The predicted molar refractivity (Wildman–Crippen MR) is 144 cm³/mol. The Balaban J connectivity index is 1.16. The second-order valence-corrected chi connectivity index (χ2v) is 9.67. The number of aromatic nitrogens is 4. The number of carbonyl (C=O) groups is 1. The third-order valence-electron chi connectivity index (χ3n) is 6.82. The highest BCUT2D eigenvalue weighted by molar-refractivity contribution is 6.30. The van der Waals surface area contributed by atoms with Crippen LogP contribution < -0.4 is 14.4 Å². The van der Waals surface area contributed by atoms with E-state index in [1.807, 2.05) is 58.1 Å². The highest BCUT2D eigenvalue weighted by atomic mass is 35.5. The highest BCUT2D eigenvalue weighted by Crippen LogP contribution is 2.35. The Morgan fingerprint density at radius 3 is 2.58 bits per heavy atom. The van der Waals surface area contributed by atoms with Gasteiger partial charge in [0.25, 0.3) is 5.91 Å². The summed E-state index contributed by atoms with van der Waals surface area (Å²) >= 11 is 6.06. The van der Waals surface area contributed by atoms with Crippen molar-refractivity contribution in [3.63, 3.8) is 0 Å². The Kier molecular flexibility index (Phi) is 6.59. The Morgan fingerprint density at radius 1 is 1.00 bits per heavy atom. The van der Waals surface area contributed by atoms with Gasteiger partial charge >= 0.3 is 0 Å². The van der Waals surface area contributed by atoms with Gasteiger partial charge in [-0.3, -0.25) is 4.79 Å². The van der Waals surface area contributed by atoms with Gasteiger partial charge in [-0.25, -0.2) is 14.6 Å². The standard InChI is InChI=1S/C28H27ClN6O3/c1-2-3-24-22(17-31-35(24)21-7-5-20(29)6-8-21)27(36)33-12-14-34(15-13-33)28-30-11-10-23(32-28)19-4-9-25-26(16-19)38-18-37-25/h4-11,16-17H,2-3,12-15,18H2,1H3. The fourth-order valence-electron chi connectivity index (χ4n) is 4.83. The minimum absolute atomic E-state index is 0.00309. The molecule has 9 nitrogen and oxygen atoms in total. The van der Waals surface area contributed by atoms with Crippen molar-refractivity contribution in [3.05, 3.63) is 77.2 Å². The van der Waals surface area contributed by atoms with Crippen LogP contribution in [-0.4, -0.2) is 63.5 Å². The first-order valence-corrected chi connectivity index (χ1v) is 13.1. The average Bonchev–Trinajstić information content (AvgIpc) is 3.60. The third kappa shape index (κ3) is 4.65. The number of anilines is 1. The van der Waals surface area contributed by atoms with Gasteiger partial charge in [-0.05, 0) is 55.0 Å². The number of carbonyl (C=O) groups excluding carboxylic acids is 1. The predicted octanol–water partition coefficient (Wildman–Crippen LogP) is 4.63. The van der Waals surface area contributed by atoms with Crippen LogP contribution in [0.5, 0.6) is 11.5 Å². The number of amides is 1. The van der Waals surface area contributed by atoms with E-state index in [4.69, 9.17) is 26.1 Å².